The van der Waals surface area contributed by atoms with Gasteiger partial charge in [0.2, 0.25) is 0 Å². The molecular weight excluding hydrogens is 559 g/mol. The van der Waals surface area contributed by atoms with E-state index >= 15 is 4.39 Å². The zero-order chi connectivity index (χ0) is 29.4. The average molecular weight is 581 g/mol. The first-order valence-electron chi connectivity index (χ1n) is 12.8. The van der Waals surface area contributed by atoms with Gasteiger partial charge in [-0.1, -0.05) is 41.9 Å². The summed E-state index contributed by atoms with van der Waals surface area (Å²) in [6.45, 7) is 0. The van der Waals surface area contributed by atoms with Crippen molar-refractivity contribution in [3.63, 3.8) is 0 Å². The van der Waals surface area contributed by atoms with Gasteiger partial charge in [-0.15, -0.1) is 0 Å². The molecule has 2 N–H and O–H groups in total. The quantitative estimate of drug-likeness (QED) is 0.212. The van der Waals surface area contributed by atoms with E-state index in [4.69, 9.17) is 16.3 Å². The van der Waals surface area contributed by atoms with Crippen LogP contribution in [0.4, 0.5) is 10.1 Å². The summed E-state index contributed by atoms with van der Waals surface area (Å²) in [5, 5.41) is 16.5. The molecule has 0 radical (unpaired) electrons. The van der Waals surface area contributed by atoms with E-state index in [-0.39, 0.29) is 12.3 Å². The van der Waals surface area contributed by atoms with E-state index in [0.29, 0.717) is 61.0 Å². The number of carbonyl (C=O) groups excluding carboxylic acids is 1. The number of methoxy groups -OCH3 is 1. The Morgan fingerprint density at radius 2 is 1.81 bits per heavy atom. The van der Waals surface area contributed by atoms with E-state index in [2.05, 4.69) is 15.4 Å². The summed E-state index contributed by atoms with van der Waals surface area (Å²) in [6, 6.07) is 20.7. The zero-order valence-electron chi connectivity index (χ0n) is 22.1. The Bertz CT molecular complexity index is 1890. The number of fused-ring (bicyclic) bond motifs is 1. The normalized spacial score (nSPS) is 13.2. The number of aromatic nitrogens is 3. The van der Waals surface area contributed by atoms with Gasteiger partial charge >= 0.3 is 5.97 Å². The highest BCUT2D eigenvalue weighted by molar-refractivity contribution is 6.38. The third kappa shape index (κ3) is 5.13. The summed E-state index contributed by atoms with van der Waals surface area (Å²) in [4.78, 5) is 28.2. The molecule has 6 rings (SSSR count). The maximum absolute atomic E-state index is 15.4. The molecular formula is C32H22ClFN4O4. The van der Waals surface area contributed by atoms with Crippen molar-refractivity contribution in [1.82, 2.24) is 14.8 Å². The van der Waals surface area contributed by atoms with Gasteiger partial charge in [-0.3, -0.25) is 9.59 Å². The highest BCUT2D eigenvalue weighted by Gasteiger charge is 2.26. The number of hydrogen-bond donors (Lipinski definition) is 2. The van der Waals surface area contributed by atoms with Crippen molar-refractivity contribution in [2.24, 2.45) is 0 Å². The lowest BCUT2D eigenvalue weighted by atomic mass is 9.95. The smallest absolute Gasteiger partial charge is 0.307 e. The number of nitrogens with zero attached hydrogens (tertiary/aromatic N) is 3. The third-order valence-corrected chi connectivity index (χ3v) is 7.30. The van der Waals surface area contributed by atoms with E-state index in [1.54, 1.807) is 59.5 Å². The topological polar surface area (TPSA) is 106 Å². The summed E-state index contributed by atoms with van der Waals surface area (Å²) in [7, 11) is 1.47. The Balaban J connectivity index is 1.34. The van der Waals surface area contributed by atoms with Crippen molar-refractivity contribution in [3.8, 4) is 33.7 Å². The van der Waals surface area contributed by atoms with Crippen molar-refractivity contribution in [2.45, 2.75) is 6.42 Å². The standard InChI is InChI=1S/C32H22ClFN4O4/c1-42-30-9-2-18(10-21(30)13-31(39)40)11-26-25-14-24(27(33)15-29(25)37-32(26)41)20-5-8-23(28(34)12-20)19-3-6-22(7-4-19)38-17-35-16-36-38/h2-12,14-17H,13H2,1H3,(H,37,41)(H,39,40)/b26-11-. The Morgan fingerprint density at radius 3 is 2.50 bits per heavy atom. The lowest BCUT2D eigenvalue weighted by Gasteiger charge is -2.11. The fourth-order valence-corrected chi connectivity index (χ4v) is 5.26. The summed E-state index contributed by atoms with van der Waals surface area (Å²) >= 11 is 6.60. The molecule has 0 aliphatic carbocycles. The second-order valence-corrected chi connectivity index (χ2v) is 10.0. The highest BCUT2D eigenvalue weighted by atomic mass is 35.5. The van der Waals surface area contributed by atoms with Crippen LogP contribution in [0.5, 0.6) is 5.75 Å². The maximum Gasteiger partial charge on any atom is 0.307 e. The molecule has 0 atom stereocenters. The number of halogens is 2. The van der Waals surface area contributed by atoms with Crippen LogP contribution in [-0.4, -0.2) is 38.9 Å². The molecule has 0 spiro atoms. The van der Waals surface area contributed by atoms with Crippen LogP contribution >= 0.6 is 11.6 Å². The molecule has 42 heavy (non-hydrogen) atoms. The van der Waals surface area contributed by atoms with Gasteiger partial charge in [0.1, 0.15) is 24.2 Å². The van der Waals surface area contributed by atoms with E-state index in [0.717, 1.165) is 5.69 Å². The van der Waals surface area contributed by atoms with Gasteiger partial charge in [-0.05, 0) is 65.2 Å². The van der Waals surface area contributed by atoms with Gasteiger partial charge in [0.15, 0.2) is 0 Å². The largest absolute Gasteiger partial charge is 0.496 e. The first-order valence-corrected chi connectivity index (χ1v) is 13.2. The minimum atomic E-state index is -0.997. The van der Waals surface area contributed by atoms with Crippen LogP contribution in [0.25, 0.3) is 39.6 Å². The molecule has 0 bridgehead atoms. The van der Waals surface area contributed by atoms with Gasteiger partial charge in [0.25, 0.3) is 5.91 Å². The van der Waals surface area contributed by atoms with Crippen molar-refractivity contribution >= 4 is 40.8 Å². The molecule has 1 aliphatic heterocycles. The van der Waals surface area contributed by atoms with E-state index in [1.807, 2.05) is 24.3 Å². The van der Waals surface area contributed by atoms with Gasteiger partial charge in [-0.25, -0.2) is 14.1 Å². The predicted molar refractivity (Wildman–Crippen MR) is 158 cm³/mol. The van der Waals surface area contributed by atoms with Gasteiger partial charge < -0.3 is 15.2 Å². The van der Waals surface area contributed by atoms with Gasteiger partial charge in [0, 0.05) is 27.8 Å². The fraction of sp³-hybridized carbons (Fsp3) is 0.0625. The van der Waals surface area contributed by atoms with Crippen LogP contribution in [0.3, 0.4) is 0 Å². The number of carbonyl (C=O) groups is 2. The molecule has 0 saturated carbocycles. The van der Waals surface area contributed by atoms with Crippen molar-refractivity contribution in [1.29, 1.82) is 0 Å². The molecule has 4 aromatic carbocycles. The molecule has 0 unspecified atom stereocenters. The minimum Gasteiger partial charge on any atom is -0.496 e. The fourth-order valence-electron chi connectivity index (χ4n) is 4.98. The molecule has 1 amide bonds. The summed E-state index contributed by atoms with van der Waals surface area (Å²) in [5.41, 5.74) is 5.66. The Hall–Kier alpha value is -5.28. The van der Waals surface area contributed by atoms with E-state index in [9.17, 15) is 14.7 Å². The number of aliphatic carboxylic acids is 1. The number of carboxylic acids is 1. The van der Waals surface area contributed by atoms with Crippen molar-refractivity contribution in [2.75, 3.05) is 12.4 Å². The van der Waals surface area contributed by atoms with Gasteiger partial charge in [0.05, 0.1) is 29.9 Å². The number of benzene rings is 4. The molecule has 2 heterocycles. The monoisotopic (exact) mass is 580 g/mol. The molecule has 8 nitrogen and oxygen atoms in total. The number of hydrogen-bond acceptors (Lipinski definition) is 5. The number of amides is 1. The number of anilines is 1. The summed E-state index contributed by atoms with van der Waals surface area (Å²) < 4.78 is 22.3. The second kappa shape index (κ2) is 10.9. The van der Waals surface area contributed by atoms with Crippen LogP contribution in [0.15, 0.2) is 85.5 Å². The Kier molecular flexibility index (Phi) is 7.02. The van der Waals surface area contributed by atoms with Gasteiger partial charge in [-0.2, -0.15) is 5.10 Å². The average Bonchev–Trinajstić information content (AvgIpc) is 3.61. The predicted octanol–water partition coefficient (Wildman–Crippen LogP) is 6.52. The molecule has 208 valence electrons. The number of rotatable bonds is 7. The first-order chi connectivity index (χ1) is 20.3. The third-order valence-electron chi connectivity index (χ3n) is 6.99. The van der Waals surface area contributed by atoms with E-state index < -0.39 is 11.8 Å². The van der Waals surface area contributed by atoms with Crippen LogP contribution in [0.1, 0.15) is 16.7 Å². The number of ether oxygens (including phenoxy) is 1. The molecule has 1 aliphatic rings. The Morgan fingerprint density at radius 1 is 1.02 bits per heavy atom. The maximum atomic E-state index is 15.4. The highest BCUT2D eigenvalue weighted by Crippen LogP contribution is 2.41. The lowest BCUT2D eigenvalue weighted by Crippen LogP contribution is -2.04. The minimum absolute atomic E-state index is 0.226. The number of carboxylic acid groups (broad SMARTS) is 1. The van der Waals surface area contributed by atoms with Crippen LogP contribution < -0.4 is 10.1 Å². The molecule has 1 aromatic heterocycles. The van der Waals surface area contributed by atoms with E-state index in [1.165, 1.54) is 19.5 Å². The lowest BCUT2D eigenvalue weighted by molar-refractivity contribution is -0.136. The SMILES string of the molecule is COc1ccc(/C=C2\C(=O)Nc3cc(Cl)c(-c4ccc(-c5ccc(-n6cncn6)cc5)c(F)c4)cc32)cc1CC(=O)O. The number of nitrogens with one attached hydrogen (secondary N) is 1. The first kappa shape index (κ1) is 26.9. The second-order valence-electron chi connectivity index (χ2n) is 9.61. The van der Waals surface area contributed by atoms with Crippen LogP contribution in [0, 0.1) is 5.82 Å². The zero-order valence-corrected chi connectivity index (χ0v) is 22.9. The molecule has 5 aromatic rings. The van der Waals surface area contributed by atoms with Crippen LogP contribution in [0.2, 0.25) is 5.02 Å². The van der Waals surface area contributed by atoms with Crippen molar-refractivity contribution in [3.05, 3.63) is 113 Å². The van der Waals surface area contributed by atoms with Crippen molar-refractivity contribution < 1.29 is 23.8 Å². The molecule has 0 saturated heterocycles. The molecule has 10 heteroatoms. The van der Waals surface area contributed by atoms with Crippen LogP contribution in [-0.2, 0) is 16.0 Å². The molecule has 0 fully saturated rings. The Labute approximate surface area is 244 Å². The summed E-state index contributed by atoms with van der Waals surface area (Å²) in [5.74, 6) is -1.30. The summed E-state index contributed by atoms with van der Waals surface area (Å²) in [6.07, 6.45) is 4.48.